The van der Waals surface area contributed by atoms with E-state index in [1.807, 2.05) is 18.4 Å². The maximum Gasteiger partial charge on any atom is 0.242 e. The molecule has 0 aliphatic rings. The van der Waals surface area contributed by atoms with E-state index in [0.717, 1.165) is 16.3 Å². The van der Waals surface area contributed by atoms with Gasteiger partial charge in [-0.3, -0.25) is 0 Å². The highest BCUT2D eigenvalue weighted by atomic mass is 32.2. The number of nitrogens with two attached hydrogens (primary N) is 1. The van der Waals surface area contributed by atoms with Gasteiger partial charge < -0.3 is 5.73 Å². The zero-order chi connectivity index (χ0) is 15.6. The van der Waals surface area contributed by atoms with Gasteiger partial charge in [0.15, 0.2) is 0 Å². The fraction of sp³-hybridized carbons (Fsp3) is 0.357. The van der Waals surface area contributed by atoms with Crippen molar-refractivity contribution in [2.45, 2.75) is 32.1 Å². The van der Waals surface area contributed by atoms with E-state index in [1.165, 1.54) is 11.3 Å². The molecule has 1 heterocycles. The second-order valence-electron chi connectivity index (χ2n) is 4.97. The fourth-order valence-corrected chi connectivity index (χ4v) is 4.28. The number of aryl methyl sites for hydroxylation is 3. The van der Waals surface area contributed by atoms with Crippen LogP contribution in [0.4, 0.5) is 5.69 Å². The molecule has 0 amide bonds. The molecule has 21 heavy (non-hydrogen) atoms. The van der Waals surface area contributed by atoms with Crippen LogP contribution in [0.3, 0.4) is 0 Å². The van der Waals surface area contributed by atoms with E-state index in [4.69, 9.17) is 5.73 Å². The molecular weight excluding hydrogens is 306 g/mol. The highest BCUT2D eigenvalue weighted by molar-refractivity contribution is 7.89. The number of hydrogen-bond acceptors (Lipinski definition) is 5. The monoisotopic (exact) mass is 325 g/mol. The first-order valence-corrected chi connectivity index (χ1v) is 8.94. The number of sulfonamides is 1. The number of nitrogen functional groups attached to an aromatic ring is 1. The van der Waals surface area contributed by atoms with E-state index in [9.17, 15) is 8.42 Å². The lowest BCUT2D eigenvalue weighted by atomic mass is 10.1. The maximum absolute atomic E-state index is 12.4. The fourth-order valence-electron chi connectivity index (χ4n) is 2.05. The van der Waals surface area contributed by atoms with Crippen molar-refractivity contribution in [1.29, 1.82) is 0 Å². The van der Waals surface area contributed by atoms with Gasteiger partial charge in [0.2, 0.25) is 10.0 Å². The molecule has 0 saturated heterocycles. The largest absolute Gasteiger partial charge is 0.397 e. The van der Waals surface area contributed by atoms with Crippen molar-refractivity contribution in [3.63, 3.8) is 0 Å². The van der Waals surface area contributed by atoms with Crippen LogP contribution in [-0.4, -0.2) is 19.9 Å². The van der Waals surface area contributed by atoms with Gasteiger partial charge in [0.25, 0.3) is 0 Å². The maximum atomic E-state index is 12.4. The third-order valence-electron chi connectivity index (χ3n) is 3.18. The van der Waals surface area contributed by atoms with Gasteiger partial charge in [0, 0.05) is 24.0 Å². The molecular formula is C14H19N3O2S2. The number of hydrogen-bond donors (Lipinski definition) is 2. The normalized spacial score (nSPS) is 11.8. The summed E-state index contributed by atoms with van der Waals surface area (Å²) in [4.78, 5) is 4.49. The second kappa shape index (κ2) is 6.13. The Morgan fingerprint density at radius 2 is 1.90 bits per heavy atom. The van der Waals surface area contributed by atoms with Gasteiger partial charge >= 0.3 is 0 Å². The molecule has 0 bridgehead atoms. The highest BCUT2D eigenvalue weighted by Crippen LogP contribution is 2.25. The van der Waals surface area contributed by atoms with Crippen LogP contribution in [-0.2, 0) is 16.4 Å². The molecule has 0 fully saturated rings. The molecule has 1 aromatic carbocycles. The van der Waals surface area contributed by atoms with E-state index in [0.29, 0.717) is 24.2 Å². The number of nitrogens with one attached hydrogen (secondary N) is 1. The van der Waals surface area contributed by atoms with Crippen molar-refractivity contribution in [1.82, 2.24) is 9.71 Å². The molecule has 0 atom stereocenters. The number of benzene rings is 1. The average Bonchev–Trinajstić information content (AvgIpc) is 2.80. The summed E-state index contributed by atoms with van der Waals surface area (Å²) in [5, 5.41) is 2.87. The Balaban J connectivity index is 2.14. The second-order valence-corrected chi connectivity index (χ2v) is 7.62. The minimum absolute atomic E-state index is 0.179. The van der Waals surface area contributed by atoms with Gasteiger partial charge in [-0.15, -0.1) is 11.3 Å². The third-order valence-corrected chi connectivity index (χ3v) is 5.87. The Labute approximate surface area is 129 Å². The first-order valence-electron chi connectivity index (χ1n) is 6.57. The van der Waals surface area contributed by atoms with Crippen LogP contribution < -0.4 is 10.5 Å². The van der Waals surface area contributed by atoms with Crippen LogP contribution in [0.25, 0.3) is 0 Å². The molecule has 114 valence electrons. The molecule has 3 N–H and O–H groups in total. The molecule has 7 heteroatoms. The smallest absolute Gasteiger partial charge is 0.242 e. The summed E-state index contributed by atoms with van der Waals surface area (Å²) in [6.45, 7) is 5.77. The zero-order valence-electron chi connectivity index (χ0n) is 12.3. The summed E-state index contributed by atoms with van der Waals surface area (Å²) in [6.07, 6.45) is 0.572. The van der Waals surface area contributed by atoms with Crippen LogP contribution in [0.2, 0.25) is 0 Å². The lowest BCUT2D eigenvalue weighted by Gasteiger charge is -2.13. The van der Waals surface area contributed by atoms with Gasteiger partial charge in [0.1, 0.15) is 4.90 Å². The van der Waals surface area contributed by atoms with Crippen molar-refractivity contribution >= 4 is 27.0 Å². The molecule has 5 nitrogen and oxygen atoms in total. The van der Waals surface area contributed by atoms with Crippen LogP contribution >= 0.6 is 11.3 Å². The van der Waals surface area contributed by atoms with Crippen molar-refractivity contribution in [3.05, 3.63) is 39.3 Å². The minimum atomic E-state index is -3.61. The Morgan fingerprint density at radius 1 is 1.24 bits per heavy atom. The first kappa shape index (κ1) is 15.9. The summed E-state index contributed by atoms with van der Waals surface area (Å²) in [5.74, 6) is 0. The highest BCUT2D eigenvalue weighted by Gasteiger charge is 2.20. The molecule has 0 radical (unpaired) electrons. The zero-order valence-corrected chi connectivity index (χ0v) is 13.9. The predicted molar refractivity (Wildman–Crippen MR) is 86.1 cm³/mol. The van der Waals surface area contributed by atoms with E-state index in [-0.39, 0.29) is 4.90 Å². The average molecular weight is 325 g/mol. The van der Waals surface area contributed by atoms with Crippen molar-refractivity contribution in [3.8, 4) is 0 Å². The van der Waals surface area contributed by atoms with Crippen molar-refractivity contribution in [2.75, 3.05) is 12.3 Å². The van der Waals surface area contributed by atoms with E-state index in [2.05, 4.69) is 9.71 Å². The summed E-state index contributed by atoms with van der Waals surface area (Å²) in [6, 6.07) is 3.59. The lowest BCUT2D eigenvalue weighted by molar-refractivity contribution is 0.581. The van der Waals surface area contributed by atoms with Crippen LogP contribution in [0, 0.1) is 20.8 Å². The quantitative estimate of drug-likeness (QED) is 0.825. The summed E-state index contributed by atoms with van der Waals surface area (Å²) < 4.78 is 27.4. The van der Waals surface area contributed by atoms with Crippen molar-refractivity contribution in [2.24, 2.45) is 0 Å². The number of anilines is 1. The molecule has 2 aromatic rings. The standard InChI is InChI=1S/C14H19N3O2S2/c1-9-4-5-10(2)14(13(9)15)21(18,19)16-7-6-12-17-11(3)8-20-12/h4-5,8,16H,6-7,15H2,1-3H3. The van der Waals surface area contributed by atoms with Gasteiger partial charge in [-0.25, -0.2) is 18.1 Å². The molecule has 0 saturated carbocycles. The summed E-state index contributed by atoms with van der Waals surface area (Å²) in [7, 11) is -3.61. The molecule has 1 aromatic heterocycles. The summed E-state index contributed by atoms with van der Waals surface area (Å²) in [5.41, 5.74) is 8.60. The van der Waals surface area contributed by atoms with E-state index in [1.54, 1.807) is 19.9 Å². The Kier molecular flexibility index (Phi) is 4.65. The van der Waals surface area contributed by atoms with Gasteiger partial charge in [-0.2, -0.15) is 0 Å². The Morgan fingerprint density at radius 3 is 2.52 bits per heavy atom. The SMILES string of the molecule is Cc1csc(CCNS(=O)(=O)c2c(C)ccc(C)c2N)n1. The summed E-state index contributed by atoms with van der Waals surface area (Å²) >= 11 is 1.53. The number of rotatable bonds is 5. The van der Waals surface area contributed by atoms with Gasteiger partial charge in [-0.1, -0.05) is 12.1 Å². The number of thiazole rings is 1. The van der Waals surface area contributed by atoms with Crippen LogP contribution in [0.5, 0.6) is 0 Å². The topological polar surface area (TPSA) is 85.1 Å². The van der Waals surface area contributed by atoms with Crippen LogP contribution in [0.1, 0.15) is 21.8 Å². The van der Waals surface area contributed by atoms with E-state index >= 15 is 0 Å². The molecule has 0 aliphatic carbocycles. The molecule has 0 spiro atoms. The van der Waals surface area contributed by atoms with Crippen LogP contribution in [0.15, 0.2) is 22.4 Å². The third kappa shape index (κ3) is 3.61. The van der Waals surface area contributed by atoms with Gasteiger partial charge in [0.05, 0.1) is 10.7 Å². The Bertz CT molecular complexity index is 752. The minimum Gasteiger partial charge on any atom is -0.397 e. The Hall–Kier alpha value is -1.44. The first-order chi connectivity index (χ1) is 9.81. The predicted octanol–water partition coefficient (Wildman–Crippen LogP) is 2.17. The number of nitrogens with zero attached hydrogens (tertiary/aromatic N) is 1. The van der Waals surface area contributed by atoms with E-state index < -0.39 is 10.0 Å². The molecule has 0 aliphatic heterocycles. The molecule has 0 unspecified atom stereocenters. The molecule has 2 rings (SSSR count). The van der Waals surface area contributed by atoms with Crippen molar-refractivity contribution < 1.29 is 8.42 Å². The van der Waals surface area contributed by atoms with Gasteiger partial charge in [-0.05, 0) is 31.9 Å². The number of aromatic nitrogens is 1. The lowest BCUT2D eigenvalue weighted by Crippen LogP contribution is -2.27.